The molecule has 0 unspecified atom stereocenters. The van der Waals surface area contributed by atoms with Gasteiger partial charge >= 0.3 is 5.97 Å². The van der Waals surface area contributed by atoms with Gasteiger partial charge in [0.25, 0.3) is 5.79 Å². The third-order valence-corrected chi connectivity index (χ3v) is 5.76. The van der Waals surface area contributed by atoms with Crippen LogP contribution < -0.4 is 10.6 Å². The summed E-state index contributed by atoms with van der Waals surface area (Å²) >= 11 is 0. The molecule has 0 aromatic heterocycles. The normalized spacial score (nSPS) is 39.3. The van der Waals surface area contributed by atoms with Gasteiger partial charge in [-0.2, -0.15) is 0 Å². The van der Waals surface area contributed by atoms with Gasteiger partial charge in [-0.3, -0.25) is 9.59 Å². The van der Waals surface area contributed by atoms with Gasteiger partial charge in [0, 0.05) is 20.3 Å². The number of hydrogen-bond donors (Lipinski definition) is 10. The van der Waals surface area contributed by atoms with Crippen molar-refractivity contribution in [2.24, 2.45) is 0 Å². The highest BCUT2D eigenvalue weighted by atomic mass is 16.7. The van der Waals surface area contributed by atoms with Gasteiger partial charge in [-0.25, -0.2) is 4.79 Å². The van der Waals surface area contributed by atoms with Gasteiger partial charge in [0.1, 0.15) is 42.7 Å². The van der Waals surface area contributed by atoms with E-state index in [2.05, 4.69) is 10.6 Å². The topological polar surface area (TPSA) is 265 Å². The molecule has 0 spiro atoms. The molecule has 16 nitrogen and oxygen atoms in total. The molecule has 202 valence electrons. The van der Waals surface area contributed by atoms with Crippen LogP contribution in [0.15, 0.2) is 0 Å². The van der Waals surface area contributed by atoms with Crippen molar-refractivity contribution in [1.29, 1.82) is 0 Å². The average molecular weight is 512 g/mol. The van der Waals surface area contributed by atoms with Crippen LogP contribution in [0.3, 0.4) is 0 Å². The standard InChI is InChI=1S/C19H32N2O14/c1-6(23)20-11-8(25)3-19(18(31)32,35-16(11)13(27)9(26)4-22)33-5-10-14(28)15(29)12(17(30)34-10)21-7(2)24/h8-17,22,25-30H,3-5H2,1-2H3,(H,20,23)(H,21,24)(H,31,32)/t8-,9-,10-,11-,12-,13-,14+,15-,16+,17-,19-/m1/s1. The van der Waals surface area contributed by atoms with Crippen LogP contribution in [-0.4, -0.2) is 139 Å². The molecule has 2 rings (SSSR count). The summed E-state index contributed by atoms with van der Waals surface area (Å²) in [5.74, 6) is -5.80. The molecule has 10 N–H and O–H groups in total. The first-order valence-electron chi connectivity index (χ1n) is 10.7. The molecule has 2 aliphatic rings. The second-order valence-electron chi connectivity index (χ2n) is 8.46. The summed E-state index contributed by atoms with van der Waals surface area (Å²) in [6, 6.07) is -2.80. The first-order valence-corrected chi connectivity index (χ1v) is 10.7. The Balaban J connectivity index is 2.25. The van der Waals surface area contributed by atoms with Crippen LogP contribution >= 0.6 is 0 Å². The summed E-state index contributed by atoms with van der Waals surface area (Å²) in [5, 5.41) is 84.9. The predicted octanol–water partition coefficient (Wildman–Crippen LogP) is -5.90. The molecule has 2 amide bonds. The Morgan fingerprint density at radius 3 is 2.11 bits per heavy atom. The number of aliphatic carboxylic acids is 1. The molecule has 2 fully saturated rings. The maximum Gasteiger partial charge on any atom is 0.364 e. The summed E-state index contributed by atoms with van der Waals surface area (Å²) < 4.78 is 15.9. The summed E-state index contributed by atoms with van der Waals surface area (Å²) in [7, 11) is 0. The van der Waals surface area contributed by atoms with Crippen molar-refractivity contribution in [2.75, 3.05) is 13.2 Å². The Morgan fingerprint density at radius 1 is 1.03 bits per heavy atom. The van der Waals surface area contributed by atoms with Crippen LogP contribution in [0.5, 0.6) is 0 Å². The largest absolute Gasteiger partial charge is 0.477 e. The summed E-state index contributed by atoms with van der Waals surface area (Å²) in [6.07, 6.45) is -14.9. The third-order valence-electron chi connectivity index (χ3n) is 5.76. The summed E-state index contributed by atoms with van der Waals surface area (Å²) in [5.41, 5.74) is 0. The molecule has 0 aliphatic carbocycles. The van der Waals surface area contributed by atoms with Gasteiger partial charge in [0.2, 0.25) is 11.8 Å². The molecule has 0 radical (unpaired) electrons. The van der Waals surface area contributed by atoms with Crippen molar-refractivity contribution in [3.05, 3.63) is 0 Å². The third kappa shape index (κ3) is 6.62. The van der Waals surface area contributed by atoms with Crippen molar-refractivity contribution < 1.29 is 69.4 Å². The number of carbonyl (C=O) groups is 3. The monoisotopic (exact) mass is 512 g/mol. The van der Waals surface area contributed by atoms with E-state index in [4.69, 9.17) is 19.3 Å². The molecular formula is C19H32N2O14. The summed E-state index contributed by atoms with van der Waals surface area (Å²) in [6.45, 7) is 0.409. The van der Waals surface area contributed by atoms with E-state index in [-0.39, 0.29) is 0 Å². The molecule has 0 aromatic carbocycles. The van der Waals surface area contributed by atoms with Gasteiger partial charge in [0.15, 0.2) is 6.29 Å². The van der Waals surface area contributed by atoms with Gasteiger partial charge in [0.05, 0.1) is 25.4 Å². The molecular weight excluding hydrogens is 480 g/mol. The van der Waals surface area contributed by atoms with Crippen molar-refractivity contribution in [2.45, 2.75) is 87.2 Å². The number of aliphatic hydroxyl groups excluding tert-OH is 7. The lowest BCUT2D eigenvalue weighted by Gasteiger charge is -2.47. The van der Waals surface area contributed by atoms with Gasteiger partial charge < -0.3 is 65.7 Å². The highest BCUT2D eigenvalue weighted by Gasteiger charge is 2.56. The second-order valence-corrected chi connectivity index (χ2v) is 8.46. The lowest BCUT2D eigenvalue weighted by Crippen LogP contribution is -2.68. The highest BCUT2D eigenvalue weighted by molar-refractivity contribution is 5.76. The van der Waals surface area contributed by atoms with E-state index in [0.717, 1.165) is 13.8 Å². The molecule has 0 bridgehead atoms. The maximum atomic E-state index is 12.1. The molecule has 11 atom stereocenters. The molecule has 16 heteroatoms. The molecule has 35 heavy (non-hydrogen) atoms. The Bertz CT molecular complexity index is 770. The zero-order chi connectivity index (χ0) is 26.7. The lowest BCUT2D eigenvalue weighted by atomic mass is 9.88. The minimum absolute atomic E-state index is 0.628. The van der Waals surface area contributed by atoms with Gasteiger partial charge in [-0.15, -0.1) is 0 Å². The minimum atomic E-state index is -2.71. The van der Waals surface area contributed by atoms with E-state index in [9.17, 15) is 50.1 Å². The van der Waals surface area contributed by atoms with Crippen molar-refractivity contribution in [3.63, 3.8) is 0 Å². The number of carboxylic acids is 1. The number of hydrogen-bond acceptors (Lipinski definition) is 13. The van der Waals surface area contributed by atoms with Crippen LogP contribution in [0.1, 0.15) is 20.3 Å². The van der Waals surface area contributed by atoms with E-state index in [0.29, 0.717) is 0 Å². The molecule has 2 heterocycles. The quantitative estimate of drug-likeness (QED) is 0.138. The van der Waals surface area contributed by atoms with Crippen LogP contribution in [0, 0.1) is 0 Å². The highest BCUT2D eigenvalue weighted by Crippen LogP contribution is 2.34. The SMILES string of the molecule is CC(=O)N[C@@H]1[C@@H](O)[C@@H](O)[C@@H](CO[C@]2(C(=O)O)C[C@@H](O)[C@@H](NC(C)=O)[C@@H]([C@H](O)[C@H](O)CO)O2)O[C@H]1O. The Kier molecular flexibility index (Phi) is 9.88. The number of aliphatic hydroxyl groups is 7. The van der Waals surface area contributed by atoms with Crippen LogP contribution in [-0.2, 0) is 28.6 Å². The lowest BCUT2D eigenvalue weighted by molar-refractivity contribution is -0.328. The number of rotatable bonds is 9. The Labute approximate surface area is 199 Å². The number of nitrogens with one attached hydrogen (secondary N) is 2. The second kappa shape index (κ2) is 11.8. The van der Waals surface area contributed by atoms with E-state index in [1.807, 2.05) is 0 Å². The Morgan fingerprint density at radius 2 is 1.60 bits per heavy atom. The molecule has 0 saturated carbocycles. The molecule has 2 saturated heterocycles. The van der Waals surface area contributed by atoms with Crippen molar-refractivity contribution >= 4 is 17.8 Å². The smallest absolute Gasteiger partial charge is 0.364 e. The van der Waals surface area contributed by atoms with E-state index >= 15 is 0 Å². The predicted molar refractivity (Wildman–Crippen MR) is 109 cm³/mol. The molecule has 2 aliphatic heterocycles. The maximum absolute atomic E-state index is 12.1. The van der Waals surface area contributed by atoms with Crippen LogP contribution in [0.25, 0.3) is 0 Å². The summed E-state index contributed by atoms with van der Waals surface area (Å²) in [4.78, 5) is 34.9. The first kappa shape index (κ1) is 29.2. The fraction of sp³-hybridized carbons (Fsp3) is 0.842. The van der Waals surface area contributed by atoms with Crippen LogP contribution in [0.4, 0.5) is 0 Å². The minimum Gasteiger partial charge on any atom is -0.477 e. The molecule has 0 aromatic rings. The first-order chi connectivity index (χ1) is 16.2. The number of carbonyl (C=O) groups excluding carboxylic acids is 2. The van der Waals surface area contributed by atoms with E-state index in [1.54, 1.807) is 0 Å². The zero-order valence-corrected chi connectivity index (χ0v) is 18.9. The van der Waals surface area contributed by atoms with Crippen LogP contribution in [0.2, 0.25) is 0 Å². The number of ether oxygens (including phenoxy) is 3. The average Bonchev–Trinajstić information content (AvgIpc) is 2.78. The zero-order valence-electron chi connectivity index (χ0n) is 18.9. The van der Waals surface area contributed by atoms with E-state index < -0.39 is 104 Å². The fourth-order valence-electron chi connectivity index (χ4n) is 3.97. The number of amides is 2. The Hall–Kier alpha value is -1.99. The number of carboxylic acid groups (broad SMARTS) is 1. The van der Waals surface area contributed by atoms with Crippen molar-refractivity contribution in [3.8, 4) is 0 Å². The van der Waals surface area contributed by atoms with E-state index in [1.165, 1.54) is 0 Å². The van der Waals surface area contributed by atoms with Gasteiger partial charge in [-0.1, -0.05) is 0 Å². The van der Waals surface area contributed by atoms with Crippen molar-refractivity contribution in [1.82, 2.24) is 10.6 Å². The van der Waals surface area contributed by atoms with Gasteiger partial charge in [-0.05, 0) is 0 Å². The fourth-order valence-corrected chi connectivity index (χ4v) is 3.97.